The van der Waals surface area contributed by atoms with Crippen molar-refractivity contribution in [2.45, 2.75) is 19.4 Å². The number of carbonyl (C=O) groups excluding carboxylic acids is 2. The molecule has 7 nitrogen and oxygen atoms in total. The smallest absolute Gasteiger partial charge is 0.238 e. The molecule has 3 heterocycles. The van der Waals surface area contributed by atoms with Crippen molar-refractivity contribution in [3.8, 4) is 11.5 Å². The number of fused-ring (bicyclic) bond motifs is 1. The Bertz CT molecular complexity index is 1090. The SMILES string of the molecule is C[C@H]1CSC(N(C(=O)[C@@H]2CC(=O)N(c3ccc4c(c3)OCCO4)C2)c2ccc(Cl)cc2)=N1. The van der Waals surface area contributed by atoms with Crippen LogP contribution >= 0.6 is 23.4 Å². The molecular weight excluding hydrogens is 450 g/mol. The van der Waals surface area contributed by atoms with Gasteiger partial charge >= 0.3 is 0 Å². The van der Waals surface area contributed by atoms with Crippen LogP contribution in [-0.2, 0) is 9.59 Å². The van der Waals surface area contributed by atoms with Crippen molar-refractivity contribution in [2.75, 3.05) is 35.3 Å². The van der Waals surface area contributed by atoms with Crippen molar-refractivity contribution in [1.82, 2.24) is 0 Å². The van der Waals surface area contributed by atoms with E-state index in [2.05, 4.69) is 4.99 Å². The summed E-state index contributed by atoms with van der Waals surface area (Å²) in [5.41, 5.74) is 1.40. The third kappa shape index (κ3) is 4.04. The van der Waals surface area contributed by atoms with Crippen LogP contribution in [0.1, 0.15) is 13.3 Å². The maximum atomic E-state index is 13.7. The lowest BCUT2D eigenvalue weighted by Crippen LogP contribution is -2.40. The molecule has 166 valence electrons. The Hall–Kier alpha value is -2.71. The lowest BCUT2D eigenvalue weighted by atomic mass is 10.1. The Balaban J connectivity index is 1.40. The minimum absolute atomic E-state index is 0.0922. The molecule has 0 aliphatic carbocycles. The van der Waals surface area contributed by atoms with E-state index < -0.39 is 5.92 Å². The van der Waals surface area contributed by atoms with Crippen LogP contribution < -0.4 is 19.3 Å². The molecule has 2 atom stereocenters. The summed E-state index contributed by atoms with van der Waals surface area (Å²) >= 11 is 7.60. The number of rotatable bonds is 3. The molecule has 32 heavy (non-hydrogen) atoms. The van der Waals surface area contributed by atoms with Gasteiger partial charge in [-0.15, -0.1) is 0 Å². The van der Waals surface area contributed by atoms with Gasteiger partial charge in [-0.2, -0.15) is 0 Å². The Morgan fingerprint density at radius 1 is 1.16 bits per heavy atom. The summed E-state index contributed by atoms with van der Waals surface area (Å²) in [6.45, 7) is 3.30. The predicted octanol–water partition coefficient (Wildman–Crippen LogP) is 3.99. The number of carbonyl (C=O) groups is 2. The predicted molar refractivity (Wildman–Crippen MR) is 126 cm³/mol. The quantitative estimate of drug-likeness (QED) is 0.677. The van der Waals surface area contributed by atoms with E-state index in [0.29, 0.717) is 52.8 Å². The number of hydrogen-bond donors (Lipinski definition) is 0. The van der Waals surface area contributed by atoms with E-state index in [-0.39, 0.29) is 24.3 Å². The van der Waals surface area contributed by atoms with Crippen LogP contribution in [0.25, 0.3) is 0 Å². The highest BCUT2D eigenvalue weighted by Crippen LogP contribution is 2.37. The van der Waals surface area contributed by atoms with Gasteiger partial charge in [0, 0.05) is 35.5 Å². The van der Waals surface area contributed by atoms with E-state index in [1.165, 1.54) is 0 Å². The number of amidine groups is 1. The summed E-state index contributed by atoms with van der Waals surface area (Å²) in [5, 5.41) is 1.26. The highest BCUT2D eigenvalue weighted by molar-refractivity contribution is 8.14. The van der Waals surface area contributed by atoms with Crippen LogP contribution in [0.4, 0.5) is 11.4 Å². The second-order valence-electron chi connectivity index (χ2n) is 7.96. The monoisotopic (exact) mass is 471 g/mol. The van der Waals surface area contributed by atoms with Gasteiger partial charge in [-0.05, 0) is 43.3 Å². The Labute approximate surface area is 195 Å². The van der Waals surface area contributed by atoms with Gasteiger partial charge in [0.1, 0.15) is 13.2 Å². The van der Waals surface area contributed by atoms with Gasteiger partial charge in [0.15, 0.2) is 16.7 Å². The average Bonchev–Trinajstić information content (AvgIpc) is 3.40. The zero-order chi connectivity index (χ0) is 22.2. The van der Waals surface area contributed by atoms with Crippen molar-refractivity contribution in [3.05, 3.63) is 47.5 Å². The van der Waals surface area contributed by atoms with E-state index in [9.17, 15) is 9.59 Å². The molecule has 0 spiro atoms. The summed E-state index contributed by atoms with van der Waals surface area (Å²) < 4.78 is 11.2. The Morgan fingerprint density at radius 3 is 2.62 bits per heavy atom. The number of halogens is 1. The van der Waals surface area contributed by atoms with Crippen molar-refractivity contribution in [1.29, 1.82) is 0 Å². The first-order chi connectivity index (χ1) is 15.5. The number of benzene rings is 2. The largest absolute Gasteiger partial charge is 0.486 e. The molecule has 9 heteroatoms. The molecule has 2 amide bonds. The zero-order valence-electron chi connectivity index (χ0n) is 17.5. The second kappa shape index (κ2) is 8.67. The van der Waals surface area contributed by atoms with Gasteiger partial charge in [0.25, 0.3) is 0 Å². The molecule has 0 aromatic heterocycles. The average molecular weight is 472 g/mol. The summed E-state index contributed by atoms with van der Waals surface area (Å²) in [4.78, 5) is 34.4. The first kappa shape index (κ1) is 21.2. The van der Waals surface area contributed by atoms with Gasteiger partial charge < -0.3 is 14.4 Å². The fraction of sp³-hybridized carbons (Fsp3) is 0.348. The maximum absolute atomic E-state index is 13.7. The molecule has 3 aliphatic rings. The number of hydrogen-bond acceptors (Lipinski definition) is 6. The molecule has 1 saturated heterocycles. The van der Waals surface area contributed by atoms with E-state index in [1.807, 2.05) is 25.1 Å². The number of anilines is 2. The van der Waals surface area contributed by atoms with E-state index >= 15 is 0 Å². The standard InChI is InChI=1S/C23H22ClN3O4S/c1-14-13-32-23(25-14)27(17-4-2-16(24)3-5-17)22(29)15-10-21(28)26(12-15)18-6-7-19-20(11-18)31-9-8-30-19/h2-7,11,14-15H,8-10,12-13H2,1H3/t14-,15+/m0/s1. The van der Waals surface area contributed by atoms with Crippen molar-refractivity contribution in [3.63, 3.8) is 0 Å². The zero-order valence-corrected chi connectivity index (χ0v) is 19.1. The minimum atomic E-state index is -0.481. The van der Waals surface area contributed by atoms with Crippen molar-refractivity contribution >= 4 is 51.7 Å². The summed E-state index contributed by atoms with van der Waals surface area (Å²) in [7, 11) is 0. The van der Waals surface area contributed by atoms with E-state index in [4.69, 9.17) is 21.1 Å². The minimum Gasteiger partial charge on any atom is -0.486 e. The second-order valence-corrected chi connectivity index (χ2v) is 9.38. The Morgan fingerprint density at radius 2 is 1.91 bits per heavy atom. The van der Waals surface area contributed by atoms with Gasteiger partial charge in [-0.25, -0.2) is 0 Å². The molecule has 2 aromatic rings. The highest BCUT2D eigenvalue weighted by Gasteiger charge is 2.40. The molecule has 0 N–H and O–H groups in total. The Kier molecular flexibility index (Phi) is 5.73. The number of ether oxygens (including phenoxy) is 2. The number of amides is 2. The van der Waals surface area contributed by atoms with Crippen molar-refractivity contribution < 1.29 is 19.1 Å². The molecular formula is C23H22ClN3O4S. The maximum Gasteiger partial charge on any atom is 0.238 e. The van der Waals surface area contributed by atoms with Gasteiger partial charge in [-0.3, -0.25) is 19.5 Å². The van der Waals surface area contributed by atoms with E-state index in [0.717, 1.165) is 5.75 Å². The lowest BCUT2D eigenvalue weighted by Gasteiger charge is -2.25. The molecule has 0 unspecified atom stereocenters. The fourth-order valence-corrected chi connectivity index (χ4v) is 5.18. The number of aliphatic imine (C=N–C) groups is 1. The highest BCUT2D eigenvalue weighted by atomic mass is 35.5. The first-order valence-electron chi connectivity index (χ1n) is 10.5. The third-order valence-electron chi connectivity index (χ3n) is 5.59. The molecule has 0 saturated carbocycles. The van der Waals surface area contributed by atoms with Crippen LogP contribution in [-0.4, -0.2) is 48.5 Å². The summed E-state index contributed by atoms with van der Waals surface area (Å²) in [6.07, 6.45) is 0.144. The van der Waals surface area contributed by atoms with E-state index in [1.54, 1.807) is 45.8 Å². The third-order valence-corrected chi connectivity index (χ3v) is 7.04. The molecule has 5 rings (SSSR count). The van der Waals surface area contributed by atoms with Crippen LogP contribution in [0.5, 0.6) is 11.5 Å². The van der Waals surface area contributed by atoms with Gasteiger partial charge in [-0.1, -0.05) is 23.4 Å². The molecule has 1 fully saturated rings. The normalized spacial score (nSPS) is 22.1. The molecule has 3 aliphatic heterocycles. The molecule has 0 bridgehead atoms. The van der Waals surface area contributed by atoms with Gasteiger partial charge in [0.05, 0.1) is 17.6 Å². The van der Waals surface area contributed by atoms with Crippen LogP contribution in [0.2, 0.25) is 5.02 Å². The fourth-order valence-electron chi connectivity index (χ4n) is 4.01. The first-order valence-corrected chi connectivity index (χ1v) is 11.9. The van der Waals surface area contributed by atoms with Crippen LogP contribution in [0, 0.1) is 5.92 Å². The molecule has 2 aromatic carbocycles. The van der Waals surface area contributed by atoms with Crippen LogP contribution in [0.15, 0.2) is 47.5 Å². The van der Waals surface area contributed by atoms with Crippen molar-refractivity contribution in [2.24, 2.45) is 10.9 Å². The molecule has 0 radical (unpaired) electrons. The summed E-state index contributed by atoms with van der Waals surface area (Å²) in [6, 6.07) is 12.7. The van der Waals surface area contributed by atoms with Gasteiger partial charge in [0.2, 0.25) is 11.8 Å². The topological polar surface area (TPSA) is 71.4 Å². The number of nitrogens with zero attached hydrogens (tertiary/aromatic N) is 3. The summed E-state index contributed by atoms with van der Waals surface area (Å²) in [5.74, 6) is 1.39. The number of thioether (sulfide) groups is 1. The lowest BCUT2D eigenvalue weighted by molar-refractivity contribution is -0.123. The van der Waals surface area contributed by atoms with Crippen LogP contribution in [0.3, 0.4) is 0 Å².